The molecule has 3 rings (SSSR count). The third kappa shape index (κ3) is 14.8. The molecule has 2 aromatic carbocycles. The van der Waals surface area contributed by atoms with E-state index in [1.54, 1.807) is 54.6 Å². The highest BCUT2D eigenvalue weighted by atomic mass is 16.4. The summed E-state index contributed by atoms with van der Waals surface area (Å²) in [5.74, 6) is -5.77. The highest BCUT2D eigenvalue weighted by Crippen LogP contribution is 2.21. The van der Waals surface area contributed by atoms with Crippen molar-refractivity contribution in [1.82, 2.24) is 31.5 Å². The number of aliphatic hydroxyl groups is 1. The molecule has 0 saturated carbocycles. The number of amides is 6. The zero-order chi connectivity index (χ0) is 42.1. The average Bonchev–Trinajstić information content (AvgIpc) is 3.67. The highest BCUT2D eigenvalue weighted by molar-refractivity contribution is 5.97. The van der Waals surface area contributed by atoms with Gasteiger partial charge in [-0.15, -0.1) is 0 Å². The molecule has 1 fully saturated rings. The van der Waals surface area contributed by atoms with Gasteiger partial charge in [0.15, 0.2) is 5.96 Å². The monoisotopic (exact) mass is 794 g/mol. The molecule has 0 spiro atoms. The van der Waals surface area contributed by atoms with Crippen LogP contribution in [0.2, 0.25) is 0 Å². The number of guanidine groups is 1. The Kier molecular flexibility index (Phi) is 17.9. The van der Waals surface area contributed by atoms with Gasteiger partial charge in [0, 0.05) is 19.5 Å². The van der Waals surface area contributed by atoms with Crippen molar-refractivity contribution in [2.75, 3.05) is 19.6 Å². The second kappa shape index (κ2) is 22.5. The quantitative estimate of drug-likeness (QED) is 0.0353. The van der Waals surface area contributed by atoms with Crippen LogP contribution in [0.15, 0.2) is 65.7 Å². The number of carboxylic acids is 1. The molecule has 13 N–H and O–H groups in total. The number of benzene rings is 2. The number of nitrogens with one attached hydrogen (secondary N) is 5. The van der Waals surface area contributed by atoms with E-state index in [1.165, 1.54) is 18.7 Å². The number of aliphatic hydroxyl groups excluding tert-OH is 1. The van der Waals surface area contributed by atoms with Crippen molar-refractivity contribution in [2.45, 2.75) is 94.7 Å². The van der Waals surface area contributed by atoms with Crippen LogP contribution in [0.1, 0.15) is 50.7 Å². The molecule has 19 nitrogen and oxygen atoms in total. The van der Waals surface area contributed by atoms with Crippen LogP contribution in [0, 0.1) is 0 Å². The fourth-order valence-electron chi connectivity index (χ4n) is 6.13. The zero-order valence-electron chi connectivity index (χ0n) is 32.1. The fourth-order valence-corrected chi connectivity index (χ4v) is 6.13. The number of aliphatic carboxylic acids is 1. The second-order valence-corrected chi connectivity index (χ2v) is 13.8. The smallest absolute Gasteiger partial charge is 0.325 e. The lowest BCUT2D eigenvalue weighted by Gasteiger charge is -2.31. The summed E-state index contributed by atoms with van der Waals surface area (Å²) in [5, 5.41) is 32.1. The van der Waals surface area contributed by atoms with E-state index in [0.29, 0.717) is 12.0 Å². The Balaban J connectivity index is 1.78. The van der Waals surface area contributed by atoms with Gasteiger partial charge in [-0.1, -0.05) is 60.7 Å². The molecule has 7 atom stereocenters. The summed E-state index contributed by atoms with van der Waals surface area (Å²) in [5.41, 5.74) is 18.4. The maximum atomic E-state index is 14.3. The van der Waals surface area contributed by atoms with E-state index < -0.39 is 90.3 Å². The summed E-state index contributed by atoms with van der Waals surface area (Å²) < 4.78 is 0. The van der Waals surface area contributed by atoms with Gasteiger partial charge >= 0.3 is 5.97 Å². The van der Waals surface area contributed by atoms with Crippen LogP contribution < -0.4 is 43.8 Å². The SMILES string of the molecule is C[C@H](NC(=O)CNC(=O)[C@H](CCCN=C(N)N)NC(=O)[C@@H]1CCCN1C(=O)[C@H](Cc1ccccc1)NC(=O)[C@@H](NC(=O)[C@@H](N)Cc1ccccc1)[C@@H](C)O)C(=O)O. The molecule has 0 bridgehead atoms. The lowest BCUT2D eigenvalue weighted by Crippen LogP contribution is -2.61. The number of nitrogens with zero attached hydrogens (tertiary/aromatic N) is 2. The number of nitrogens with two attached hydrogens (primary N) is 3. The summed E-state index contributed by atoms with van der Waals surface area (Å²) >= 11 is 0. The topological polar surface area (TPSA) is 314 Å². The lowest BCUT2D eigenvalue weighted by molar-refractivity contribution is -0.143. The molecule has 0 radical (unpaired) electrons. The predicted octanol–water partition coefficient (Wildman–Crippen LogP) is -2.62. The largest absolute Gasteiger partial charge is 0.480 e. The van der Waals surface area contributed by atoms with Gasteiger partial charge in [-0.25, -0.2) is 0 Å². The van der Waals surface area contributed by atoms with Crippen molar-refractivity contribution >= 4 is 47.4 Å². The highest BCUT2D eigenvalue weighted by Gasteiger charge is 2.40. The molecule has 0 unspecified atom stereocenters. The molecule has 0 aliphatic carbocycles. The molecular formula is C38H54N10O9. The maximum Gasteiger partial charge on any atom is 0.325 e. The van der Waals surface area contributed by atoms with Gasteiger partial charge < -0.3 is 58.9 Å². The lowest BCUT2D eigenvalue weighted by atomic mass is 10.0. The molecule has 6 amide bonds. The minimum absolute atomic E-state index is 0.00261. The van der Waals surface area contributed by atoms with E-state index >= 15 is 0 Å². The van der Waals surface area contributed by atoms with Crippen LogP contribution in [0.3, 0.4) is 0 Å². The molecule has 19 heteroatoms. The van der Waals surface area contributed by atoms with Crippen LogP contribution in [0.25, 0.3) is 0 Å². The Labute approximate surface area is 330 Å². The number of hydrogen-bond donors (Lipinski definition) is 10. The van der Waals surface area contributed by atoms with Gasteiger partial charge in [-0.3, -0.25) is 38.6 Å². The van der Waals surface area contributed by atoms with Crippen LogP contribution in [-0.2, 0) is 46.4 Å². The minimum Gasteiger partial charge on any atom is -0.480 e. The molecule has 57 heavy (non-hydrogen) atoms. The molecule has 1 aliphatic heterocycles. The number of aliphatic imine (C=N–C) groups is 1. The first-order valence-corrected chi connectivity index (χ1v) is 18.7. The predicted molar refractivity (Wildman–Crippen MR) is 209 cm³/mol. The van der Waals surface area contributed by atoms with Crippen LogP contribution in [0.5, 0.6) is 0 Å². The van der Waals surface area contributed by atoms with E-state index in [2.05, 4.69) is 31.6 Å². The standard InChI is InChI=1S/C38H54N10O9/c1-22(37(56)57)44-30(50)21-43-33(52)27(15-9-17-42-38(40)41)45-34(53)29-16-10-18-48(29)36(55)28(20-25-13-7-4-8-14-25)46-35(54)31(23(2)49)47-32(51)26(39)19-24-11-5-3-6-12-24/h3-8,11-14,22-23,26-29,31,49H,9-10,15-21,39H2,1-2H3,(H,43,52)(H,44,50)(H,45,53)(H,46,54)(H,47,51)(H,56,57)(H4,40,41,42)/t22-,23+,26-,27-,28-,29-,31-/m0/s1. The summed E-state index contributed by atoms with van der Waals surface area (Å²) in [6.45, 7) is 2.27. The van der Waals surface area contributed by atoms with E-state index in [0.717, 1.165) is 5.56 Å². The normalized spacial score (nSPS) is 16.7. The van der Waals surface area contributed by atoms with Crippen LogP contribution >= 0.6 is 0 Å². The number of carboxylic acid groups (broad SMARTS) is 1. The Bertz CT molecular complexity index is 1720. The molecule has 0 aromatic heterocycles. The van der Waals surface area contributed by atoms with Crippen molar-refractivity contribution < 1.29 is 43.8 Å². The third-order valence-electron chi connectivity index (χ3n) is 9.18. The van der Waals surface area contributed by atoms with Crippen molar-refractivity contribution in [2.24, 2.45) is 22.2 Å². The van der Waals surface area contributed by atoms with Crippen molar-refractivity contribution in [3.8, 4) is 0 Å². The van der Waals surface area contributed by atoms with Gasteiger partial charge in [0.05, 0.1) is 18.7 Å². The summed E-state index contributed by atoms with van der Waals surface area (Å²) in [6.07, 6.45) is -0.266. The zero-order valence-corrected chi connectivity index (χ0v) is 32.1. The number of likely N-dealkylation sites (tertiary alicyclic amines) is 1. The molecular weight excluding hydrogens is 740 g/mol. The van der Waals surface area contributed by atoms with Crippen molar-refractivity contribution in [3.05, 3.63) is 71.8 Å². The molecule has 1 aliphatic rings. The minimum atomic E-state index is -1.48. The third-order valence-corrected chi connectivity index (χ3v) is 9.18. The Morgan fingerprint density at radius 3 is 2.02 bits per heavy atom. The summed E-state index contributed by atoms with van der Waals surface area (Å²) in [4.78, 5) is 96.6. The number of rotatable bonds is 21. The van der Waals surface area contributed by atoms with E-state index in [1.807, 2.05) is 6.07 Å². The van der Waals surface area contributed by atoms with Gasteiger partial charge in [-0.05, 0) is 57.1 Å². The number of carbonyl (C=O) groups excluding carboxylic acids is 6. The van der Waals surface area contributed by atoms with Gasteiger partial charge in [0.1, 0.15) is 30.2 Å². The fraction of sp³-hybridized carbons (Fsp3) is 0.474. The Morgan fingerprint density at radius 2 is 1.44 bits per heavy atom. The first-order valence-electron chi connectivity index (χ1n) is 18.7. The van der Waals surface area contributed by atoms with Crippen molar-refractivity contribution in [3.63, 3.8) is 0 Å². The Hall–Kier alpha value is -6.08. The van der Waals surface area contributed by atoms with E-state index in [-0.39, 0.29) is 51.2 Å². The molecule has 2 aromatic rings. The molecule has 1 heterocycles. The van der Waals surface area contributed by atoms with Gasteiger partial charge in [-0.2, -0.15) is 0 Å². The molecule has 1 saturated heterocycles. The van der Waals surface area contributed by atoms with Crippen LogP contribution in [-0.4, -0.2) is 124 Å². The maximum absolute atomic E-state index is 14.3. The second-order valence-electron chi connectivity index (χ2n) is 13.8. The number of hydrogen-bond acceptors (Lipinski definition) is 10. The first kappa shape index (κ1) is 45.3. The first-order chi connectivity index (χ1) is 27.1. The molecule has 310 valence electrons. The van der Waals surface area contributed by atoms with E-state index in [9.17, 15) is 38.7 Å². The van der Waals surface area contributed by atoms with Gasteiger partial charge in [0.25, 0.3) is 0 Å². The number of carbonyl (C=O) groups is 7. The summed E-state index contributed by atoms with van der Waals surface area (Å²) in [6, 6.07) is 10.6. The average molecular weight is 795 g/mol. The van der Waals surface area contributed by atoms with E-state index in [4.69, 9.17) is 22.3 Å². The van der Waals surface area contributed by atoms with Crippen molar-refractivity contribution in [1.29, 1.82) is 0 Å². The van der Waals surface area contributed by atoms with Gasteiger partial charge in [0.2, 0.25) is 35.4 Å². The van der Waals surface area contributed by atoms with Crippen LogP contribution in [0.4, 0.5) is 0 Å². The Morgan fingerprint density at radius 1 is 0.825 bits per heavy atom. The summed E-state index contributed by atoms with van der Waals surface area (Å²) in [7, 11) is 0.